The van der Waals surface area contributed by atoms with Gasteiger partial charge in [0.15, 0.2) is 23.6 Å². The van der Waals surface area contributed by atoms with Crippen molar-refractivity contribution >= 4 is 5.91 Å². The molecule has 0 bridgehead atoms. The number of nitrogens with one attached hydrogen (secondary N) is 1. The van der Waals surface area contributed by atoms with Gasteiger partial charge in [-0.05, 0) is 31.9 Å². The second-order valence-corrected chi connectivity index (χ2v) is 6.00. The number of aryl methyl sites for hydroxylation is 2. The first-order valence-corrected chi connectivity index (χ1v) is 8.33. The van der Waals surface area contributed by atoms with Gasteiger partial charge in [-0.25, -0.2) is 18.4 Å². The fourth-order valence-electron chi connectivity index (χ4n) is 2.78. The van der Waals surface area contributed by atoms with Crippen LogP contribution in [0, 0.1) is 11.6 Å². The predicted molar refractivity (Wildman–Crippen MR) is 86.0 cm³/mol. The smallest absolute Gasteiger partial charge is 0.261 e. The number of carbonyl (C=O) groups is 1. The molecule has 2 atom stereocenters. The quantitative estimate of drug-likeness (QED) is 0.900. The highest BCUT2D eigenvalue weighted by molar-refractivity contribution is 5.81. The van der Waals surface area contributed by atoms with Crippen LogP contribution >= 0.6 is 0 Å². The Balaban J connectivity index is 1.66. The summed E-state index contributed by atoms with van der Waals surface area (Å²) in [7, 11) is 0. The van der Waals surface area contributed by atoms with Gasteiger partial charge in [-0.2, -0.15) is 5.10 Å². The van der Waals surface area contributed by atoms with Crippen molar-refractivity contribution in [2.45, 2.75) is 51.8 Å². The van der Waals surface area contributed by atoms with Crippen molar-refractivity contribution in [3.8, 4) is 5.75 Å². The lowest BCUT2D eigenvalue weighted by Crippen LogP contribution is -2.40. The molecule has 2 heterocycles. The van der Waals surface area contributed by atoms with Gasteiger partial charge in [-0.1, -0.05) is 6.92 Å². The number of fused-ring (bicyclic) bond motifs is 1. The van der Waals surface area contributed by atoms with Gasteiger partial charge in [-0.3, -0.25) is 4.79 Å². The van der Waals surface area contributed by atoms with Gasteiger partial charge in [-0.15, -0.1) is 0 Å². The van der Waals surface area contributed by atoms with Crippen LogP contribution in [0.25, 0.3) is 0 Å². The molecule has 1 aromatic heterocycles. The zero-order chi connectivity index (χ0) is 18.0. The van der Waals surface area contributed by atoms with Crippen molar-refractivity contribution in [2.24, 2.45) is 0 Å². The minimum atomic E-state index is -1.02. The van der Waals surface area contributed by atoms with Crippen molar-refractivity contribution in [1.82, 2.24) is 20.1 Å². The topological polar surface area (TPSA) is 69.0 Å². The number of carbonyl (C=O) groups excluding carboxylic acids is 1. The molecule has 6 nitrogen and oxygen atoms in total. The Hall–Kier alpha value is -2.51. The van der Waals surface area contributed by atoms with Crippen LogP contribution in [-0.4, -0.2) is 26.8 Å². The van der Waals surface area contributed by atoms with Gasteiger partial charge < -0.3 is 10.1 Å². The molecule has 1 amide bonds. The Kier molecular flexibility index (Phi) is 4.96. The first kappa shape index (κ1) is 17.3. The third kappa shape index (κ3) is 3.78. The van der Waals surface area contributed by atoms with Crippen LogP contribution in [-0.2, 0) is 17.8 Å². The van der Waals surface area contributed by atoms with E-state index in [2.05, 4.69) is 15.4 Å². The SMILES string of the molecule is CCc1nc2n(n1)CCCC2NC(=O)C(C)Oc1ccc(F)c(F)c1. The summed E-state index contributed by atoms with van der Waals surface area (Å²) in [5.41, 5.74) is 0. The summed E-state index contributed by atoms with van der Waals surface area (Å²) in [6.45, 7) is 4.32. The molecule has 0 spiro atoms. The van der Waals surface area contributed by atoms with E-state index in [0.717, 1.165) is 49.6 Å². The normalized spacial score (nSPS) is 17.7. The lowest BCUT2D eigenvalue weighted by atomic mass is 10.1. The van der Waals surface area contributed by atoms with Crippen LogP contribution in [0.1, 0.15) is 44.4 Å². The third-order valence-electron chi connectivity index (χ3n) is 4.12. The zero-order valence-electron chi connectivity index (χ0n) is 14.1. The summed E-state index contributed by atoms with van der Waals surface area (Å²) >= 11 is 0. The maximum Gasteiger partial charge on any atom is 0.261 e. The highest BCUT2D eigenvalue weighted by Crippen LogP contribution is 2.24. The molecule has 1 N–H and O–H groups in total. The van der Waals surface area contributed by atoms with Gasteiger partial charge in [0, 0.05) is 19.0 Å². The lowest BCUT2D eigenvalue weighted by Gasteiger charge is -2.24. The number of halogens is 2. The molecule has 1 aromatic carbocycles. The first-order chi connectivity index (χ1) is 12.0. The summed E-state index contributed by atoms with van der Waals surface area (Å²) in [5.74, 6) is -0.722. The number of hydrogen-bond acceptors (Lipinski definition) is 4. The average molecular weight is 350 g/mol. The monoisotopic (exact) mass is 350 g/mol. The molecule has 0 saturated heterocycles. The summed E-state index contributed by atoms with van der Waals surface area (Å²) in [6.07, 6.45) is 1.54. The second-order valence-electron chi connectivity index (χ2n) is 6.00. The van der Waals surface area contributed by atoms with E-state index in [1.54, 1.807) is 6.92 Å². The fraction of sp³-hybridized carbons (Fsp3) is 0.471. The molecule has 2 aromatic rings. The molecule has 8 heteroatoms. The summed E-state index contributed by atoms with van der Waals surface area (Å²) in [5, 5.41) is 7.31. The standard InChI is InChI=1S/C17H20F2N4O2/c1-3-15-21-16-14(5-4-8-23(16)22-15)20-17(24)10(2)25-11-6-7-12(18)13(19)9-11/h6-7,9-10,14H,3-5,8H2,1-2H3,(H,20,24). The second kappa shape index (κ2) is 7.16. The van der Waals surface area contributed by atoms with E-state index in [1.807, 2.05) is 11.6 Å². The third-order valence-corrected chi connectivity index (χ3v) is 4.12. The predicted octanol–water partition coefficient (Wildman–Crippen LogP) is 2.54. The van der Waals surface area contributed by atoms with Crippen LogP contribution in [0.2, 0.25) is 0 Å². The Bertz CT molecular complexity index is 778. The number of ether oxygens (including phenoxy) is 1. The molecular weight excluding hydrogens is 330 g/mol. The van der Waals surface area contributed by atoms with Crippen LogP contribution in [0.3, 0.4) is 0 Å². The van der Waals surface area contributed by atoms with Gasteiger partial charge in [0.1, 0.15) is 11.6 Å². The Morgan fingerprint density at radius 1 is 1.44 bits per heavy atom. The van der Waals surface area contributed by atoms with Gasteiger partial charge in [0.25, 0.3) is 5.91 Å². The number of rotatable bonds is 5. The zero-order valence-corrected chi connectivity index (χ0v) is 14.1. The molecule has 1 aliphatic rings. The number of hydrogen-bond donors (Lipinski definition) is 1. The van der Waals surface area contributed by atoms with E-state index in [4.69, 9.17) is 4.74 Å². The van der Waals surface area contributed by atoms with Crippen molar-refractivity contribution in [3.05, 3.63) is 41.5 Å². The number of nitrogens with zero attached hydrogens (tertiary/aromatic N) is 3. The van der Waals surface area contributed by atoms with E-state index in [1.165, 1.54) is 6.07 Å². The fourth-order valence-corrected chi connectivity index (χ4v) is 2.78. The summed E-state index contributed by atoms with van der Waals surface area (Å²) in [4.78, 5) is 16.9. The maximum atomic E-state index is 13.2. The molecule has 1 aliphatic heterocycles. The minimum Gasteiger partial charge on any atom is -0.481 e. The van der Waals surface area contributed by atoms with E-state index in [9.17, 15) is 13.6 Å². The van der Waals surface area contributed by atoms with Crippen LogP contribution in [0.15, 0.2) is 18.2 Å². The number of amides is 1. The molecule has 0 saturated carbocycles. The number of benzene rings is 1. The summed E-state index contributed by atoms with van der Waals surface area (Å²) < 4.78 is 33.4. The maximum absolute atomic E-state index is 13.2. The van der Waals surface area contributed by atoms with E-state index in [-0.39, 0.29) is 17.7 Å². The molecule has 0 aliphatic carbocycles. The van der Waals surface area contributed by atoms with Gasteiger partial charge in [0.2, 0.25) is 0 Å². The van der Waals surface area contributed by atoms with Crippen molar-refractivity contribution in [3.63, 3.8) is 0 Å². The average Bonchev–Trinajstić information content (AvgIpc) is 3.02. The van der Waals surface area contributed by atoms with E-state index >= 15 is 0 Å². The van der Waals surface area contributed by atoms with E-state index in [0.29, 0.717) is 0 Å². The molecule has 0 radical (unpaired) electrons. The van der Waals surface area contributed by atoms with E-state index < -0.39 is 17.7 Å². The largest absolute Gasteiger partial charge is 0.481 e. The molecule has 0 fully saturated rings. The molecule has 25 heavy (non-hydrogen) atoms. The Labute approximate surface area is 144 Å². The molecule has 3 rings (SSSR count). The summed E-state index contributed by atoms with van der Waals surface area (Å²) in [6, 6.07) is 2.94. The Morgan fingerprint density at radius 3 is 2.96 bits per heavy atom. The Morgan fingerprint density at radius 2 is 2.24 bits per heavy atom. The van der Waals surface area contributed by atoms with Gasteiger partial charge in [0.05, 0.1) is 6.04 Å². The van der Waals surface area contributed by atoms with Crippen LogP contribution in [0.4, 0.5) is 8.78 Å². The highest BCUT2D eigenvalue weighted by Gasteiger charge is 2.27. The van der Waals surface area contributed by atoms with Crippen LogP contribution in [0.5, 0.6) is 5.75 Å². The molecule has 2 unspecified atom stereocenters. The lowest BCUT2D eigenvalue weighted by molar-refractivity contribution is -0.128. The molecular formula is C17H20F2N4O2. The van der Waals surface area contributed by atoms with Gasteiger partial charge >= 0.3 is 0 Å². The van der Waals surface area contributed by atoms with Crippen LogP contribution < -0.4 is 10.1 Å². The van der Waals surface area contributed by atoms with Crippen molar-refractivity contribution in [2.75, 3.05) is 0 Å². The van der Waals surface area contributed by atoms with Crippen molar-refractivity contribution < 1.29 is 18.3 Å². The highest BCUT2D eigenvalue weighted by atomic mass is 19.2. The number of aromatic nitrogens is 3. The first-order valence-electron chi connectivity index (χ1n) is 8.33. The minimum absolute atomic E-state index is 0.0987. The molecule has 134 valence electrons. The van der Waals surface area contributed by atoms with Crippen molar-refractivity contribution in [1.29, 1.82) is 0 Å².